The van der Waals surface area contributed by atoms with Crippen molar-refractivity contribution in [2.24, 2.45) is 5.73 Å². The van der Waals surface area contributed by atoms with Gasteiger partial charge in [0.2, 0.25) is 11.7 Å². The number of aromatic nitrogens is 3. The molecule has 2 aromatic rings. The molecule has 0 amide bonds. The van der Waals surface area contributed by atoms with Crippen molar-refractivity contribution in [1.29, 1.82) is 0 Å². The lowest BCUT2D eigenvalue weighted by Crippen LogP contribution is -2.36. The molecule has 112 valence electrons. The average Bonchev–Trinajstić information content (AvgIpc) is 2.83. The smallest absolute Gasteiger partial charge is 0.247 e. The molecule has 2 N–H and O–H groups in total. The van der Waals surface area contributed by atoms with E-state index in [9.17, 15) is 0 Å². The zero-order chi connectivity index (χ0) is 14.9. The summed E-state index contributed by atoms with van der Waals surface area (Å²) in [7, 11) is 0. The maximum Gasteiger partial charge on any atom is 0.247 e. The number of nitrogens with zero attached hydrogens (tertiary/aromatic N) is 3. The molecule has 5 heteroatoms. The Morgan fingerprint density at radius 3 is 2.52 bits per heavy atom. The van der Waals surface area contributed by atoms with E-state index in [0.29, 0.717) is 11.7 Å². The molecule has 2 heterocycles. The second-order valence-electron chi connectivity index (χ2n) is 6.17. The zero-order valence-corrected chi connectivity index (χ0v) is 12.7. The molecule has 21 heavy (non-hydrogen) atoms. The summed E-state index contributed by atoms with van der Waals surface area (Å²) in [4.78, 5) is 8.96. The second kappa shape index (κ2) is 5.56. The van der Waals surface area contributed by atoms with Gasteiger partial charge in [0.05, 0.1) is 5.54 Å². The van der Waals surface area contributed by atoms with E-state index in [4.69, 9.17) is 10.3 Å². The van der Waals surface area contributed by atoms with Gasteiger partial charge in [0.15, 0.2) is 0 Å². The number of aryl methyl sites for hydroxylation is 2. The Balaban J connectivity index is 1.92. The molecular weight excluding hydrogens is 264 g/mol. The lowest BCUT2D eigenvalue weighted by Gasteiger charge is -2.22. The van der Waals surface area contributed by atoms with Crippen LogP contribution in [0, 0.1) is 13.8 Å². The quantitative estimate of drug-likeness (QED) is 0.857. The van der Waals surface area contributed by atoms with E-state index >= 15 is 0 Å². The summed E-state index contributed by atoms with van der Waals surface area (Å²) in [5.74, 6) is 1.10. The lowest BCUT2D eigenvalue weighted by atomic mass is 9.91. The molecule has 1 aliphatic carbocycles. The van der Waals surface area contributed by atoms with Gasteiger partial charge in [-0.15, -0.1) is 0 Å². The molecule has 0 aromatic carbocycles. The zero-order valence-electron chi connectivity index (χ0n) is 12.7. The van der Waals surface area contributed by atoms with E-state index in [1.54, 1.807) is 0 Å². The molecule has 0 radical (unpaired) electrons. The highest BCUT2D eigenvalue weighted by molar-refractivity contribution is 5.54. The van der Waals surface area contributed by atoms with Crippen molar-refractivity contribution in [3.63, 3.8) is 0 Å². The highest BCUT2D eigenvalue weighted by Gasteiger charge is 2.34. The van der Waals surface area contributed by atoms with Crippen molar-refractivity contribution >= 4 is 0 Å². The van der Waals surface area contributed by atoms with E-state index in [1.165, 1.54) is 12.8 Å². The van der Waals surface area contributed by atoms with Crippen LogP contribution < -0.4 is 5.73 Å². The van der Waals surface area contributed by atoms with Crippen molar-refractivity contribution in [3.8, 4) is 11.5 Å². The average molecular weight is 286 g/mol. The predicted octanol–water partition coefficient (Wildman–Crippen LogP) is 3.26. The van der Waals surface area contributed by atoms with Crippen LogP contribution in [-0.2, 0) is 5.54 Å². The van der Waals surface area contributed by atoms with Crippen LogP contribution >= 0.6 is 0 Å². The highest BCUT2D eigenvalue weighted by Crippen LogP contribution is 2.33. The fourth-order valence-corrected chi connectivity index (χ4v) is 3.04. The second-order valence-corrected chi connectivity index (χ2v) is 6.17. The summed E-state index contributed by atoms with van der Waals surface area (Å²) >= 11 is 0. The van der Waals surface area contributed by atoms with Crippen molar-refractivity contribution in [2.75, 3.05) is 0 Å². The van der Waals surface area contributed by atoms with Gasteiger partial charge in [-0.05, 0) is 37.8 Å². The molecule has 2 aromatic heterocycles. The first-order valence-corrected chi connectivity index (χ1v) is 7.65. The normalized spacial score (nSPS) is 18.4. The van der Waals surface area contributed by atoms with E-state index in [1.807, 2.05) is 20.0 Å². The Kier molecular flexibility index (Phi) is 3.76. The monoisotopic (exact) mass is 286 g/mol. The Hall–Kier alpha value is -1.75. The van der Waals surface area contributed by atoms with Crippen LogP contribution in [0.4, 0.5) is 0 Å². The summed E-state index contributed by atoms with van der Waals surface area (Å²) in [6, 6.07) is 2.07. The minimum absolute atomic E-state index is 0.472. The van der Waals surface area contributed by atoms with Gasteiger partial charge in [-0.1, -0.05) is 36.9 Å². The number of hydrogen-bond acceptors (Lipinski definition) is 5. The third kappa shape index (κ3) is 2.83. The Morgan fingerprint density at radius 2 is 1.86 bits per heavy atom. The number of pyridine rings is 1. The van der Waals surface area contributed by atoms with Crippen LogP contribution in [0.3, 0.4) is 0 Å². The van der Waals surface area contributed by atoms with E-state index in [2.05, 4.69) is 21.2 Å². The predicted molar refractivity (Wildman–Crippen MR) is 80.6 cm³/mol. The molecule has 0 aliphatic heterocycles. The largest absolute Gasteiger partial charge is 0.337 e. The maximum absolute atomic E-state index is 6.52. The molecular formula is C16H22N4O. The summed E-state index contributed by atoms with van der Waals surface area (Å²) in [5.41, 5.74) is 8.99. The molecule has 1 fully saturated rings. The van der Waals surface area contributed by atoms with Crippen molar-refractivity contribution in [3.05, 3.63) is 29.3 Å². The van der Waals surface area contributed by atoms with Gasteiger partial charge < -0.3 is 10.3 Å². The fourth-order valence-electron chi connectivity index (χ4n) is 3.04. The molecule has 0 unspecified atom stereocenters. The number of hydrogen-bond donors (Lipinski definition) is 1. The lowest BCUT2D eigenvalue weighted by molar-refractivity contribution is 0.257. The first-order valence-electron chi connectivity index (χ1n) is 7.65. The molecule has 3 rings (SSSR count). The fraction of sp³-hybridized carbons (Fsp3) is 0.562. The van der Waals surface area contributed by atoms with Crippen molar-refractivity contribution < 1.29 is 4.52 Å². The molecule has 0 bridgehead atoms. The van der Waals surface area contributed by atoms with Gasteiger partial charge in [0.1, 0.15) is 5.69 Å². The maximum atomic E-state index is 6.52. The van der Waals surface area contributed by atoms with Gasteiger partial charge in [-0.3, -0.25) is 4.98 Å². The number of nitrogens with two attached hydrogens (primary N) is 1. The molecule has 1 saturated carbocycles. The molecule has 0 saturated heterocycles. The van der Waals surface area contributed by atoms with Crippen LogP contribution in [0.5, 0.6) is 0 Å². The Bertz CT molecular complexity index is 627. The first-order chi connectivity index (χ1) is 10.1. The van der Waals surface area contributed by atoms with E-state index in [0.717, 1.165) is 42.5 Å². The summed E-state index contributed by atoms with van der Waals surface area (Å²) < 4.78 is 5.48. The SMILES string of the molecule is Cc1cnc(-c2noc(C3(N)CCCCCC3)n2)c(C)c1. The number of rotatable bonds is 2. The molecule has 0 atom stereocenters. The van der Waals surface area contributed by atoms with Gasteiger partial charge >= 0.3 is 0 Å². The highest BCUT2D eigenvalue weighted by atomic mass is 16.5. The van der Waals surface area contributed by atoms with Gasteiger partial charge in [0, 0.05) is 6.20 Å². The standard InChI is InChI=1S/C16H22N4O/c1-11-9-12(2)13(18-10-11)14-19-15(21-20-14)16(17)7-5-3-4-6-8-16/h9-10H,3-8,17H2,1-2H3. The van der Waals surface area contributed by atoms with Crippen LogP contribution in [0.1, 0.15) is 55.5 Å². The van der Waals surface area contributed by atoms with Crippen LogP contribution in [-0.4, -0.2) is 15.1 Å². The molecule has 1 aliphatic rings. The Morgan fingerprint density at radius 1 is 1.14 bits per heavy atom. The van der Waals surface area contributed by atoms with Crippen LogP contribution in [0.2, 0.25) is 0 Å². The molecule has 0 spiro atoms. The summed E-state index contributed by atoms with van der Waals surface area (Å²) in [6.07, 6.45) is 8.36. The van der Waals surface area contributed by atoms with Crippen molar-refractivity contribution in [2.45, 2.75) is 57.9 Å². The van der Waals surface area contributed by atoms with Crippen LogP contribution in [0.15, 0.2) is 16.8 Å². The first kappa shape index (κ1) is 14.2. The summed E-state index contributed by atoms with van der Waals surface area (Å²) in [5, 5.41) is 4.10. The topological polar surface area (TPSA) is 77.8 Å². The van der Waals surface area contributed by atoms with Crippen molar-refractivity contribution in [1.82, 2.24) is 15.1 Å². The van der Waals surface area contributed by atoms with E-state index in [-0.39, 0.29) is 0 Å². The van der Waals surface area contributed by atoms with Gasteiger partial charge in [-0.2, -0.15) is 4.98 Å². The minimum atomic E-state index is -0.472. The third-order valence-corrected chi connectivity index (χ3v) is 4.27. The summed E-state index contributed by atoms with van der Waals surface area (Å²) in [6.45, 7) is 4.03. The van der Waals surface area contributed by atoms with Gasteiger partial charge in [0.25, 0.3) is 0 Å². The Labute approximate surface area is 125 Å². The third-order valence-electron chi connectivity index (χ3n) is 4.27. The molecule has 5 nitrogen and oxygen atoms in total. The van der Waals surface area contributed by atoms with E-state index < -0.39 is 5.54 Å². The van der Waals surface area contributed by atoms with Gasteiger partial charge in [-0.25, -0.2) is 0 Å². The van der Waals surface area contributed by atoms with Crippen LogP contribution in [0.25, 0.3) is 11.5 Å². The minimum Gasteiger partial charge on any atom is -0.337 e.